The van der Waals surface area contributed by atoms with Gasteiger partial charge < -0.3 is 9.80 Å². The first kappa shape index (κ1) is 41.5. The standard InChI is InChI=1S/C67H48N2/c1-7-23-49(24-8-1)52-27-21-37-59(45-52)69(60-38-22-28-53(46-60)50-25-9-2-10-26-50)66-48-65-63(61-39-19-20-40-64(61)67(65,54-29-11-3-12-30-54)55-31-13-4-14-32-55)47-62(66)51-41-43-58(44-42-51)68(56-33-15-5-16-34-56)57-35-17-6-18-36-57/h1-48H. The van der Waals surface area contributed by atoms with Gasteiger partial charge in [0.1, 0.15) is 0 Å². The van der Waals surface area contributed by atoms with Gasteiger partial charge in [0.15, 0.2) is 0 Å². The fourth-order valence-electron chi connectivity index (χ4n) is 10.6. The number of para-hydroxylation sites is 2. The first-order valence-electron chi connectivity index (χ1n) is 23.8. The van der Waals surface area contributed by atoms with E-state index in [9.17, 15) is 0 Å². The molecule has 0 bridgehead atoms. The highest BCUT2D eigenvalue weighted by atomic mass is 15.1. The maximum absolute atomic E-state index is 2.52. The number of rotatable bonds is 11. The average Bonchev–Trinajstić information content (AvgIpc) is 3.73. The van der Waals surface area contributed by atoms with Crippen LogP contribution >= 0.6 is 0 Å². The topological polar surface area (TPSA) is 6.48 Å². The van der Waals surface area contributed by atoms with Crippen molar-refractivity contribution < 1.29 is 0 Å². The molecule has 0 atom stereocenters. The molecule has 0 aromatic heterocycles. The number of hydrogen-bond acceptors (Lipinski definition) is 2. The van der Waals surface area contributed by atoms with Crippen molar-refractivity contribution in [1.29, 1.82) is 0 Å². The zero-order chi connectivity index (χ0) is 46.0. The Hall–Kier alpha value is -8.98. The molecule has 0 saturated carbocycles. The minimum atomic E-state index is -0.596. The molecule has 0 spiro atoms. The third-order valence-electron chi connectivity index (χ3n) is 13.7. The van der Waals surface area contributed by atoms with Crippen molar-refractivity contribution in [1.82, 2.24) is 0 Å². The van der Waals surface area contributed by atoms with Crippen molar-refractivity contribution in [2.45, 2.75) is 5.41 Å². The summed E-state index contributed by atoms with van der Waals surface area (Å²) in [6.45, 7) is 0. The van der Waals surface area contributed by atoms with E-state index in [4.69, 9.17) is 0 Å². The van der Waals surface area contributed by atoms with Gasteiger partial charge in [-0.2, -0.15) is 0 Å². The number of benzene rings is 11. The lowest BCUT2D eigenvalue weighted by molar-refractivity contribution is 0.768. The summed E-state index contributed by atoms with van der Waals surface area (Å²) in [6.07, 6.45) is 0. The minimum Gasteiger partial charge on any atom is -0.311 e. The molecule has 0 saturated heterocycles. The van der Waals surface area contributed by atoms with E-state index in [2.05, 4.69) is 301 Å². The highest BCUT2D eigenvalue weighted by molar-refractivity contribution is 5.97. The Morgan fingerprint density at radius 1 is 0.217 bits per heavy atom. The van der Waals surface area contributed by atoms with Gasteiger partial charge in [0.2, 0.25) is 0 Å². The summed E-state index contributed by atoms with van der Waals surface area (Å²) in [7, 11) is 0. The van der Waals surface area contributed by atoms with Crippen LogP contribution in [-0.4, -0.2) is 0 Å². The summed E-state index contributed by atoms with van der Waals surface area (Å²) in [5.41, 5.74) is 20.3. The second-order valence-electron chi connectivity index (χ2n) is 17.7. The first-order chi connectivity index (χ1) is 34.2. The molecular weight excluding hydrogens is 833 g/mol. The van der Waals surface area contributed by atoms with Gasteiger partial charge in [0.25, 0.3) is 0 Å². The third kappa shape index (κ3) is 7.49. The van der Waals surface area contributed by atoms with Crippen LogP contribution in [0.4, 0.5) is 34.1 Å². The molecule has 326 valence electrons. The van der Waals surface area contributed by atoms with E-state index in [1.54, 1.807) is 0 Å². The quantitative estimate of drug-likeness (QED) is 0.128. The molecule has 1 aliphatic carbocycles. The molecule has 1 aliphatic rings. The van der Waals surface area contributed by atoms with E-state index in [0.29, 0.717) is 0 Å². The average molecular weight is 881 g/mol. The van der Waals surface area contributed by atoms with E-state index in [1.165, 1.54) is 44.5 Å². The predicted octanol–water partition coefficient (Wildman–Crippen LogP) is 18.0. The second-order valence-corrected chi connectivity index (χ2v) is 17.7. The Labute approximate surface area is 405 Å². The van der Waals surface area contributed by atoms with Gasteiger partial charge in [-0.05, 0) is 134 Å². The molecular formula is C67H48N2. The Balaban J connectivity index is 1.15. The zero-order valence-corrected chi connectivity index (χ0v) is 38.1. The zero-order valence-electron chi connectivity index (χ0n) is 38.1. The third-order valence-corrected chi connectivity index (χ3v) is 13.7. The van der Waals surface area contributed by atoms with Crippen LogP contribution in [0.5, 0.6) is 0 Å². The SMILES string of the molecule is c1ccc(-c2cccc(N(c3cccc(-c4ccccc4)c3)c3cc4c(cc3-c3ccc(N(c5ccccc5)c5ccccc5)cc3)-c3ccccc3C4(c3ccccc3)c3ccccc3)c2)cc1. The van der Waals surface area contributed by atoms with Crippen LogP contribution in [0.15, 0.2) is 291 Å². The van der Waals surface area contributed by atoms with Gasteiger partial charge in [0.05, 0.1) is 11.1 Å². The fraction of sp³-hybridized carbons (Fsp3) is 0.0149. The van der Waals surface area contributed by atoms with Gasteiger partial charge in [-0.1, -0.05) is 218 Å². The lowest BCUT2D eigenvalue weighted by atomic mass is 9.67. The maximum Gasteiger partial charge on any atom is 0.0714 e. The highest BCUT2D eigenvalue weighted by Gasteiger charge is 2.47. The molecule has 69 heavy (non-hydrogen) atoms. The van der Waals surface area contributed by atoms with E-state index < -0.39 is 5.41 Å². The van der Waals surface area contributed by atoms with Crippen molar-refractivity contribution in [3.63, 3.8) is 0 Å². The molecule has 2 nitrogen and oxygen atoms in total. The van der Waals surface area contributed by atoms with Crippen LogP contribution < -0.4 is 9.80 Å². The summed E-state index contributed by atoms with van der Waals surface area (Å²) in [5, 5.41) is 0. The van der Waals surface area contributed by atoms with E-state index in [-0.39, 0.29) is 0 Å². The summed E-state index contributed by atoms with van der Waals surface area (Å²) in [6, 6.07) is 106. The molecule has 12 rings (SSSR count). The van der Waals surface area contributed by atoms with Gasteiger partial charge in [0, 0.05) is 34.0 Å². The lowest BCUT2D eigenvalue weighted by Crippen LogP contribution is -2.28. The Morgan fingerprint density at radius 3 is 1.13 bits per heavy atom. The van der Waals surface area contributed by atoms with Crippen molar-refractivity contribution in [3.8, 4) is 44.5 Å². The van der Waals surface area contributed by atoms with Crippen molar-refractivity contribution in [2.75, 3.05) is 9.80 Å². The molecule has 2 heteroatoms. The number of hydrogen-bond donors (Lipinski definition) is 0. The predicted molar refractivity (Wildman–Crippen MR) is 289 cm³/mol. The molecule has 0 radical (unpaired) electrons. The number of anilines is 6. The van der Waals surface area contributed by atoms with Crippen molar-refractivity contribution >= 4 is 34.1 Å². The molecule has 0 unspecified atom stereocenters. The minimum absolute atomic E-state index is 0.596. The van der Waals surface area contributed by atoms with E-state index >= 15 is 0 Å². The smallest absolute Gasteiger partial charge is 0.0714 e. The molecule has 0 amide bonds. The van der Waals surface area contributed by atoms with Gasteiger partial charge in [-0.3, -0.25) is 0 Å². The lowest BCUT2D eigenvalue weighted by Gasteiger charge is -2.35. The molecule has 11 aromatic carbocycles. The summed E-state index contributed by atoms with van der Waals surface area (Å²) in [5.74, 6) is 0. The van der Waals surface area contributed by atoms with Crippen LogP contribution in [-0.2, 0) is 5.41 Å². The Kier molecular flexibility index (Phi) is 10.8. The normalized spacial score (nSPS) is 12.2. The van der Waals surface area contributed by atoms with Gasteiger partial charge >= 0.3 is 0 Å². The molecule has 0 heterocycles. The van der Waals surface area contributed by atoms with E-state index in [1.807, 2.05) is 0 Å². The summed E-state index contributed by atoms with van der Waals surface area (Å²) < 4.78 is 0. The first-order valence-corrected chi connectivity index (χ1v) is 23.8. The highest BCUT2D eigenvalue weighted by Crippen LogP contribution is 2.59. The van der Waals surface area contributed by atoms with E-state index in [0.717, 1.165) is 56.4 Å². The van der Waals surface area contributed by atoms with Crippen molar-refractivity contribution in [3.05, 3.63) is 313 Å². The fourth-order valence-corrected chi connectivity index (χ4v) is 10.6. The van der Waals surface area contributed by atoms with Crippen LogP contribution in [0.2, 0.25) is 0 Å². The molecule has 0 fully saturated rings. The maximum atomic E-state index is 2.52. The second kappa shape index (κ2) is 18.0. The summed E-state index contributed by atoms with van der Waals surface area (Å²) >= 11 is 0. The molecule has 11 aromatic rings. The largest absolute Gasteiger partial charge is 0.311 e. The van der Waals surface area contributed by atoms with Gasteiger partial charge in [-0.15, -0.1) is 0 Å². The van der Waals surface area contributed by atoms with Crippen LogP contribution in [0, 0.1) is 0 Å². The molecule has 0 aliphatic heterocycles. The van der Waals surface area contributed by atoms with Crippen LogP contribution in [0.25, 0.3) is 44.5 Å². The Bertz CT molecular complexity index is 3360. The molecule has 0 N–H and O–H groups in total. The summed E-state index contributed by atoms with van der Waals surface area (Å²) in [4.78, 5) is 4.82. The van der Waals surface area contributed by atoms with Crippen LogP contribution in [0.1, 0.15) is 22.3 Å². The van der Waals surface area contributed by atoms with Crippen molar-refractivity contribution in [2.24, 2.45) is 0 Å². The van der Waals surface area contributed by atoms with Crippen LogP contribution in [0.3, 0.4) is 0 Å². The number of fused-ring (bicyclic) bond motifs is 3. The van der Waals surface area contributed by atoms with Gasteiger partial charge in [-0.25, -0.2) is 0 Å². The monoisotopic (exact) mass is 880 g/mol. The Morgan fingerprint density at radius 2 is 0.623 bits per heavy atom. The number of nitrogens with zero attached hydrogens (tertiary/aromatic N) is 2.